The van der Waals surface area contributed by atoms with E-state index in [0.29, 0.717) is 11.9 Å². The molecule has 0 bridgehead atoms. The van der Waals surface area contributed by atoms with E-state index in [9.17, 15) is 4.79 Å². The van der Waals surface area contributed by atoms with Gasteiger partial charge in [-0.1, -0.05) is 6.07 Å². The number of nitrogens with one attached hydrogen (secondary N) is 1. The molecular formula is C21H33N5O. The zero-order valence-corrected chi connectivity index (χ0v) is 16.4. The highest BCUT2D eigenvalue weighted by Crippen LogP contribution is 2.25. The zero-order chi connectivity index (χ0) is 18.5. The lowest BCUT2D eigenvalue weighted by atomic mass is 9.92. The van der Waals surface area contributed by atoms with Gasteiger partial charge >= 0.3 is 0 Å². The van der Waals surface area contributed by atoms with Crippen molar-refractivity contribution in [3.63, 3.8) is 0 Å². The smallest absolute Gasteiger partial charge is 0.227 e. The molecule has 148 valence electrons. The molecule has 1 N–H and O–H groups in total. The number of piperidine rings is 2. The van der Waals surface area contributed by atoms with Crippen LogP contribution in [0.5, 0.6) is 0 Å². The highest BCUT2D eigenvalue weighted by molar-refractivity contribution is 5.79. The number of hydrogen-bond donors (Lipinski definition) is 1. The van der Waals surface area contributed by atoms with E-state index >= 15 is 0 Å². The van der Waals surface area contributed by atoms with Crippen LogP contribution in [0.2, 0.25) is 0 Å². The van der Waals surface area contributed by atoms with Crippen molar-refractivity contribution in [2.75, 3.05) is 52.4 Å². The fourth-order valence-corrected chi connectivity index (χ4v) is 4.88. The van der Waals surface area contributed by atoms with Crippen LogP contribution in [0.25, 0.3) is 0 Å². The number of piperazine rings is 1. The Morgan fingerprint density at radius 3 is 2.67 bits per heavy atom. The first-order chi connectivity index (χ1) is 13.3. The second-order valence-electron chi connectivity index (χ2n) is 8.28. The van der Waals surface area contributed by atoms with Crippen LogP contribution in [0.4, 0.5) is 0 Å². The number of nitrogens with zero attached hydrogens (tertiary/aromatic N) is 4. The third-order valence-corrected chi connectivity index (χ3v) is 6.43. The molecule has 0 aliphatic carbocycles. The maximum Gasteiger partial charge on any atom is 0.227 e. The van der Waals surface area contributed by atoms with Gasteiger partial charge in [-0.25, -0.2) is 0 Å². The molecule has 0 radical (unpaired) electrons. The molecule has 0 unspecified atom stereocenters. The van der Waals surface area contributed by atoms with Crippen molar-refractivity contribution in [2.24, 2.45) is 5.92 Å². The van der Waals surface area contributed by atoms with Crippen molar-refractivity contribution in [1.82, 2.24) is 25.0 Å². The largest absolute Gasteiger partial charge is 0.340 e. The summed E-state index contributed by atoms with van der Waals surface area (Å²) < 4.78 is 0. The summed E-state index contributed by atoms with van der Waals surface area (Å²) >= 11 is 0. The minimum absolute atomic E-state index is 0.213. The molecule has 1 aromatic heterocycles. The van der Waals surface area contributed by atoms with Gasteiger partial charge in [0.25, 0.3) is 0 Å². The summed E-state index contributed by atoms with van der Waals surface area (Å²) in [5.41, 5.74) is 1.30. The van der Waals surface area contributed by atoms with Gasteiger partial charge in [0.2, 0.25) is 5.91 Å². The Balaban J connectivity index is 1.26. The summed E-state index contributed by atoms with van der Waals surface area (Å²) in [7, 11) is 0. The highest BCUT2D eigenvalue weighted by atomic mass is 16.2. The van der Waals surface area contributed by atoms with Gasteiger partial charge in [-0.15, -0.1) is 0 Å². The minimum atomic E-state index is 0.213. The van der Waals surface area contributed by atoms with E-state index in [0.717, 1.165) is 58.8 Å². The van der Waals surface area contributed by atoms with Crippen LogP contribution in [-0.4, -0.2) is 84.0 Å². The Bertz CT molecular complexity index is 596. The van der Waals surface area contributed by atoms with Crippen molar-refractivity contribution >= 4 is 5.91 Å². The van der Waals surface area contributed by atoms with E-state index in [-0.39, 0.29) is 5.92 Å². The Morgan fingerprint density at radius 2 is 1.93 bits per heavy atom. The summed E-state index contributed by atoms with van der Waals surface area (Å²) in [5.74, 6) is 0.612. The highest BCUT2D eigenvalue weighted by Gasteiger charge is 2.33. The first-order valence-electron chi connectivity index (χ1n) is 10.6. The normalized spacial score (nSPS) is 26.2. The molecule has 3 aliphatic rings. The predicted octanol–water partition coefficient (Wildman–Crippen LogP) is 1.19. The van der Waals surface area contributed by atoms with Crippen molar-refractivity contribution in [3.8, 4) is 0 Å². The molecule has 4 rings (SSSR count). The van der Waals surface area contributed by atoms with Gasteiger partial charge in [0, 0.05) is 57.7 Å². The predicted molar refractivity (Wildman–Crippen MR) is 106 cm³/mol. The van der Waals surface area contributed by atoms with E-state index in [2.05, 4.69) is 31.1 Å². The van der Waals surface area contributed by atoms with Crippen LogP contribution >= 0.6 is 0 Å². The minimum Gasteiger partial charge on any atom is -0.340 e. The van der Waals surface area contributed by atoms with E-state index in [4.69, 9.17) is 0 Å². The third-order valence-electron chi connectivity index (χ3n) is 6.43. The molecule has 3 saturated heterocycles. The standard InChI is InChI=1S/C21H33N5O/c27-21(25-13-8-22-9-14-25)19-4-2-10-26(17-19)20-5-11-24(12-6-20)16-18-3-1-7-23-15-18/h1,3,7,15,19-20,22H,2,4-6,8-14,16-17H2/t19-/m1/s1. The molecule has 0 aromatic carbocycles. The molecular weight excluding hydrogens is 338 g/mol. The number of likely N-dealkylation sites (tertiary alicyclic amines) is 2. The third kappa shape index (κ3) is 4.86. The van der Waals surface area contributed by atoms with Crippen LogP contribution in [-0.2, 0) is 11.3 Å². The van der Waals surface area contributed by atoms with Crippen molar-refractivity contribution < 1.29 is 4.79 Å². The fraction of sp³-hybridized carbons (Fsp3) is 0.714. The molecule has 6 nitrogen and oxygen atoms in total. The first-order valence-corrected chi connectivity index (χ1v) is 10.6. The van der Waals surface area contributed by atoms with Gasteiger partial charge in [-0.3, -0.25) is 19.6 Å². The number of pyridine rings is 1. The average Bonchev–Trinajstić information content (AvgIpc) is 2.75. The second-order valence-corrected chi connectivity index (χ2v) is 8.28. The Hall–Kier alpha value is -1.50. The zero-order valence-electron chi connectivity index (χ0n) is 16.4. The maximum atomic E-state index is 12.9. The van der Waals surface area contributed by atoms with Crippen molar-refractivity contribution in [2.45, 2.75) is 38.3 Å². The van der Waals surface area contributed by atoms with Crippen LogP contribution in [0.3, 0.4) is 0 Å². The summed E-state index contributed by atoms with van der Waals surface area (Å²) in [6, 6.07) is 4.83. The van der Waals surface area contributed by atoms with Crippen LogP contribution in [0.1, 0.15) is 31.2 Å². The van der Waals surface area contributed by atoms with Crippen molar-refractivity contribution in [1.29, 1.82) is 0 Å². The fourth-order valence-electron chi connectivity index (χ4n) is 4.88. The summed E-state index contributed by atoms with van der Waals surface area (Å²) in [4.78, 5) is 24.4. The summed E-state index contributed by atoms with van der Waals surface area (Å²) in [6.45, 7) is 9.07. The van der Waals surface area contributed by atoms with E-state index < -0.39 is 0 Å². The number of carbonyl (C=O) groups excluding carboxylic acids is 1. The van der Waals surface area contributed by atoms with Gasteiger partial charge in [0.05, 0.1) is 5.92 Å². The monoisotopic (exact) mass is 371 g/mol. The SMILES string of the molecule is O=C([C@@H]1CCCN(C2CCN(Cc3cccnc3)CC2)C1)N1CCNCC1. The second kappa shape index (κ2) is 9.13. The van der Waals surface area contributed by atoms with E-state index in [1.165, 1.54) is 31.4 Å². The lowest BCUT2D eigenvalue weighted by Gasteiger charge is -2.43. The Kier molecular flexibility index (Phi) is 6.37. The molecule has 1 amide bonds. The van der Waals surface area contributed by atoms with Gasteiger partial charge in [-0.2, -0.15) is 0 Å². The topological polar surface area (TPSA) is 51.7 Å². The van der Waals surface area contributed by atoms with Crippen molar-refractivity contribution in [3.05, 3.63) is 30.1 Å². The number of aromatic nitrogens is 1. The molecule has 3 aliphatic heterocycles. The molecule has 0 spiro atoms. The van der Waals surface area contributed by atoms with E-state index in [1.807, 2.05) is 18.5 Å². The summed E-state index contributed by atoms with van der Waals surface area (Å²) in [6.07, 6.45) is 8.48. The Labute approximate surface area is 162 Å². The quantitative estimate of drug-likeness (QED) is 0.862. The average molecular weight is 372 g/mol. The van der Waals surface area contributed by atoms with Crippen LogP contribution < -0.4 is 5.32 Å². The van der Waals surface area contributed by atoms with Gasteiger partial charge in [0.15, 0.2) is 0 Å². The van der Waals surface area contributed by atoms with Gasteiger partial charge < -0.3 is 10.2 Å². The van der Waals surface area contributed by atoms with Gasteiger partial charge in [0.1, 0.15) is 0 Å². The Morgan fingerprint density at radius 1 is 1.11 bits per heavy atom. The molecule has 27 heavy (non-hydrogen) atoms. The first kappa shape index (κ1) is 18.8. The van der Waals surface area contributed by atoms with E-state index in [1.54, 1.807) is 0 Å². The van der Waals surface area contributed by atoms with Gasteiger partial charge in [-0.05, 0) is 56.9 Å². The number of amides is 1. The summed E-state index contributed by atoms with van der Waals surface area (Å²) in [5, 5.41) is 3.34. The van der Waals surface area contributed by atoms with Crippen LogP contribution in [0, 0.1) is 5.92 Å². The molecule has 1 atom stereocenters. The molecule has 0 saturated carbocycles. The number of rotatable bonds is 4. The lowest BCUT2D eigenvalue weighted by Crippen LogP contribution is -2.53. The lowest BCUT2D eigenvalue weighted by molar-refractivity contribution is -0.138. The number of hydrogen-bond acceptors (Lipinski definition) is 5. The molecule has 6 heteroatoms. The molecule has 4 heterocycles. The number of carbonyl (C=O) groups is 1. The van der Waals surface area contributed by atoms with Crippen LogP contribution in [0.15, 0.2) is 24.5 Å². The molecule has 3 fully saturated rings. The maximum absolute atomic E-state index is 12.9. The molecule has 1 aromatic rings.